The number of hydrogen-bond acceptors (Lipinski definition) is 4. The van der Waals surface area contributed by atoms with E-state index in [9.17, 15) is 9.59 Å². The van der Waals surface area contributed by atoms with Crippen molar-refractivity contribution in [3.8, 4) is 0 Å². The number of rotatable bonds is 4. The molecule has 2 aromatic heterocycles. The van der Waals surface area contributed by atoms with E-state index in [2.05, 4.69) is 33.8 Å². The molecule has 6 nitrogen and oxygen atoms in total. The third-order valence-corrected chi connectivity index (χ3v) is 5.84. The predicted molar refractivity (Wildman–Crippen MR) is 118 cm³/mol. The Kier molecular flexibility index (Phi) is 5.54. The minimum absolute atomic E-state index is 0.389. The van der Waals surface area contributed by atoms with Crippen molar-refractivity contribution in [3.63, 3.8) is 0 Å². The number of aromatic amines is 1. The smallest absolute Gasteiger partial charge is 0.272 e. The molecule has 0 unspecified atom stereocenters. The van der Waals surface area contributed by atoms with Gasteiger partial charge in [0.25, 0.3) is 11.8 Å². The molecule has 0 radical (unpaired) electrons. The van der Waals surface area contributed by atoms with Crippen LogP contribution in [0.3, 0.4) is 0 Å². The van der Waals surface area contributed by atoms with Crippen LogP contribution in [0, 0.1) is 13.8 Å². The van der Waals surface area contributed by atoms with Crippen molar-refractivity contribution >= 4 is 34.5 Å². The quantitative estimate of drug-likeness (QED) is 0.430. The van der Waals surface area contributed by atoms with E-state index in [0.29, 0.717) is 16.2 Å². The lowest BCUT2D eigenvalue weighted by Crippen LogP contribution is -2.41. The molecule has 150 valence electrons. The number of hydrazine groups is 1. The molecule has 0 aliphatic carbocycles. The highest BCUT2D eigenvalue weighted by atomic mass is 32.2. The van der Waals surface area contributed by atoms with Gasteiger partial charge in [0.05, 0.1) is 11.1 Å². The number of aryl methyl sites for hydroxylation is 2. The molecule has 0 aliphatic heterocycles. The number of para-hydroxylation sites is 1. The first-order valence-corrected chi connectivity index (χ1v) is 10.2. The van der Waals surface area contributed by atoms with Crippen LogP contribution in [0.4, 0.5) is 0 Å². The summed E-state index contributed by atoms with van der Waals surface area (Å²) in [5, 5.41) is 1.36. The van der Waals surface area contributed by atoms with E-state index in [0.717, 1.165) is 15.8 Å². The summed E-state index contributed by atoms with van der Waals surface area (Å²) < 4.78 is 0. The summed E-state index contributed by atoms with van der Waals surface area (Å²) in [4.78, 5) is 33.7. The summed E-state index contributed by atoms with van der Waals surface area (Å²) in [6, 6.07) is 17.0. The maximum absolute atomic E-state index is 12.7. The molecule has 0 saturated carbocycles. The monoisotopic (exact) mass is 416 g/mol. The summed E-state index contributed by atoms with van der Waals surface area (Å²) in [6.45, 7) is 4.10. The van der Waals surface area contributed by atoms with Crippen molar-refractivity contribution in [2.45, 2.75) is 23.8 Å². The summed E-state index contributed by atoms with van der Waals surface area (Å²) in [6.07, 6.45) is 3.27. The van der Waals surface area contributed by atoms with Gasteiger partial charge in [-0.1, -0.05) is 36.0 Å². The standard InChI is InChI=1S/C23H20N4O2S/c1-14-9-10-16(12-15(14)2)30-23-18(7-5-11-24-23)21(28)26-27-22(29)19-13-25-20-8-4-3-6-17(19)20/h3-13,25H,1-2H3,(H,26,28)(H,27,29). The van der Waals surface area contributed by atoms with Crippen LogP contribution in [-0.4, -0.2) is 21.8 Å². The number of nitrogens with one attached hydrogen (secondary N) is 3. The lowest BCUT2D eigenvalue weighted by molar-refractivity contribution is 0.0845. The maximum Gasteiger partial charge on any atom is 0.272 e. The van der Waals surface area contributed by atoms with Crippen molar-refractivity contribution in [2.75, 3.05) is 0 Å². The average molecular weight is 417 g/mol. The fraction of sp³-hybridized carbons (Fsp3) is 0.0870. The fourth-order valence-corrected chi connectivity index (χ4v) is 4.02. The highest BCUT2D eigenvalue weighted by Gasteiger charge is 2.16. The highest BCUT2D eigenvalue weighted by molar-refractivity contribution is 7.99. The minimum atomic E-state index is -0.428. The van der Waals surface area contributed by atoms with Crippen molar-refractivity contribution in [1.82, 2.24) is 20.8 Å². The second kappa shape index (κ2) is 8.42. The number of fused-ring (bicyclic) bond motifs is 1. The number of benzene rings is 2. The van der Waals surface area contributed by atoms with E-state index >= 15 is 0 Å². The van der Waals surface area contributed by atoms with Crippen LogP contribution < -0.4 is 10.9 Å². The Morgan fingerprint density at radius 1 is 0.900 bits per heavy atom. The molecule has 0 fully saturated rings. The zero-order valence-corrected chi connectivity index (χ0v) is 17.3. The van der Waals surface area contributed by atoms with E-state index in [4.69, 9.17) is 0 Å². The maximum atomic E-state index is 12.7. The van der Waals surface area contributed by atoms with Gasteiger partial charge in [0.2, 0.25) is 0 Å². The Morgan fingerprint density at radius 3 is 2.47 bits per heavy atom. The molecule has 0 aliphatic rings. The SMILES string of the molecule is Cc1ccc(Sc2ncccc2C(=O)NNC(=O)c2c[nH]c3ccccc23)cc1C. The number of hydrogen-bond donors (Lipinski definition) is 3. The highest BCUT2D eigenvalue weighted by Crippen LogP contribution is 2.29. The summed E-state index contributed by atoms with van der Waals surface area (Å²) in [5.41, 5.74) is 9.06. The van der Waals surface area contributed by atoms with Gasteiger partial charge < -0.3 is 4.98 Å². The number of carbonyl (C=O) groups is 2. The number of carbonyl (C=O) groups excluding carboxylic acids is 2. The topological polar surface area (TPSA) is 86.9 Å². The summed E-state index contributed by atoms with van der Waals surface area (Å²) in [5.74, 6) is -0.823. The fourth-order valence-electron chi connectivity index (χ4n) is 3.04. The Bertz CT molecular complexity index is 1250. The van der Waals surface area contributed by atoms with Crippen molar-refractivity contribution in [2.24, 2.45) is 0 Å². The Balaban J connectivity index is 1.48. The Hall–Kier alpha value is -3.58. The Morgan fingerprint density at radius 2 is 1.67 bits per heavy atom. The first-order valence-electron chi connectivity index (χ1n) is 9.40. The molecule has 0 bridgehead atoms. The van der Waals surface area contributed by atoms with Gasteiger partial charge in [0.15, 0.2) is 0 Å². The third kappa shape index (κ3) is 4.06. The van der Waals surface area contributed by atoms with Gasteiger partial charge in [-0.2, -0.15) is 0 Å². The molecule has 4 aromatic rings. The van der Waals surface area contributed by atoms with Crippen LogP contribution in [0.1, 0.15) is 31.8 Å². The molecule has 3 N–H and O–H groups in total. The number of amides is 2. The molecule has 2 heterocycles. The van der Waals surface area contributed by atoms with Crippen LogP contribution in [0.5, 0.6) is 0 Å². The minimum Gasteiger partial charge on any atom is -0.360 e. The largest absolute Gasteiger partial charge is 0.360 e. The molecule has 0 spiro atoms. The molecule has 0 atom stereocenters. The van der Waals surface area contributed by atoms with Crippen LogP contribution in [0.2, 0.25) is 0 Å². The second-order valence-electron chi connectivity index (χ2n) is 6.86. The lowest BCUT2D eigenvalue weighted by Gasteiger charge is -2.10. The molecule has 2 aromatic carbocycles. The first kappa shape index (κ1) is 19.7. The van der Waals surface area contributed by atoms with E-state index in [1.807, 2.05) is 43.3 Å². The van der Waals surface area contributed by atoms with Crippen LogP contribution in [-0.2, 0) is 0 Å². The van der Waals surface area contributed by atoms with E-state index in [1.54, 1.807) is 24.5 Å². The number of aromatic nitrogens is 2. The molecular weight excluding hydrogens is 396 g/mol. The number of nitrogens with zero attached hydrogens (tertiary/aromatic N) is 1. The van der Waals surface area contributed by atoms with E-state index in [1.165, 1.54) is 22.9 Å². The third-order valence-electron chi connectivity index (χ3n) is 4.83. The molecule has 0 saturated heterocycles. The molecule has 2 amide bonds. The lowest BCUT2D eigenvalue weighted by atomic mass is 10.1. The predicted octanol–water partition coefficient (Wildman–Crippen LogP) is 4.41. The van der Waals surface area contributed by atoms with Gasteiger partial charge in [-0.15, -0.1) is 0 Å². The van der Waals surface area contributed by atoms with Crippen LogP contribution >= 0.6 is 11.8 Å². The molecular formula is C23H20N4O2S. The van der Waals surface area contributed by atoms with Gasteiger partial charge in [-0.3, -0.25) is 20.4 Å². The first-order chi connectivity index (χ1) is 14.5. The average Bonchev–Trinajstić information content (AvgIpc) is 3.19. The van der Waals surface area contributed by atoms with Gasteiger partial charge >= 0.3 is 0 Å². The van der Waals surface area contributed by atoms with E-state index in [-0.39, 0.29) is 0 Å². The zero-order valence-electron chi connectivity index (χ0n) is 16.5. The van der Waals surface area contributed by atoms with E-state index < -0.39 is 11.8 Å². The van der Waals surface area contributed by atoms with Gasteiger partial charge in [0, 0.05) is 28.2 Å². The Labute approximate surface area is 178 Å². The molecule has 30 heavy (non-hydrogen) atoms. The van der Waals surface area contributed by atoms with Crippen molar-refractivity contribution in [1.29, 1.82) is 0 Å². The van der Waals surface area contributed by atoms with Crippen molar-refractivity contribution in [3.05, 3.63) is 89.2 Å². The summed E-state index contributed by atoms with van der Waals surface area (Å²) in [7, 11) is 0. The molecule has 4 rings (SSSR count). The number of pyridine rings is 1. The van der Waals surface area contributed by atoms with Crippen molar-refractivity contribution < 1.29 is 9.59 Å². The normalized spacial score (nSPS) is 10.7. The number of H-pyrrole nitrogens is 1. The van der Waals surface area contributed by atoms with Crippen LogP contribution in [0.25, 0.3) is 10.9 Å². The molecule has 7 heteroatoms. The van der Waals surface area contributed by atoms with Gasteiger partial charge in [-0.25, -0.2) is 4.98 Å². The van der Waals surface area contributed by atoms with Gasteiger partial charge in [-0.05, 0) is 55.3 Å². The second-order valence-corrected chi connectivity index (χ2v) is 7.92. The summed E-state index contributed by atoms with van der Waals surface area (Å²) >= 11 is 1.41. The zero-order chi connectivity index (χ0) is 21.1. The van der Waals surface area contributed by atoms with Gasteiger partial charge in [0.1, 0.15) is 5.03 Å². The van der Waals surface area contributed by atoms with Crippen LogP contribution in [0.15, 0.2) is 76.9 Å².